The van der Waals surface area contributed by atoms with Gasteiger partial charge < -0.3 is 5.32 Å². The van der Waals surface area contributed by atoms with E-state index in [1.165, 1.54) is 32.1 Å². The summed E-state index contributed by atoms with van der Waals surface area (Å²) in [5, 5.41) is 2.78. The fourth-order valence-electron chi connectivity index (χ4n) is 3.78. The number of hydrogen-bond acceptors (Lipinski definition) is 3. The van der Waals surface area contributed by atoms with Crippen LogP contribution in [0.1, 0.15) is 58.4 Å². The van der Waals surface area contributed by atoms with E-state index < -0.39 is 0 Å². The van der Waals surface area contributed by atoms with Gasteiger partial charge in [-0.3, -0.25) is 14.5 Å². The molecule has 1 aliphatic carbocycles. The molecule has 1 N–H and O–H groups in total. The normalized spacial score (nSPS) is 14.9. The standard InChI is InChI=1S/C23H28N2O2/c1-25(20-13-6-3-7-14-20)17-19-12-8-9-15-21(19)23(27)24-16-22(26)18-10-4-2-5-11-18/h2,4-5,8-12,15,20H,3,6-7,13-14,16-17H2,1H3,(H,24,27). The van der Waals surface area contributed by atoms with Crippen LogP contribution in [-0.2, 0) is 6.54 Å². The number of hydrogen-bond donors (Lipinski definition) is 1. The van der Waals surface area contributed by atoms with E-state index in [2.05, 4.69) is 17.3 Å². The molecule has 2 aromatic carbocycles. The van der Waals surface area contributed by atoms with E-state index in [4.69, 9.17) is 0 Å². The second-order valence-electron chi connectivity index (χ2n) is 7.34. The topological polar surface area (TPSA) is 49.4 Å². The van der Waals surface area contributed by atoms with Crippen molar-refractivity contribution < 1.29 is 9.59 Å². The van der Waals surface area contributed by atoms with Crippen LogP contribution < -0.4 is 5.32 Å². The second kappa shape index (κ2) is 9.47. The first-order valence-corrected chi connectivity index (χ1v) is 9.80. The van der Waals surface area contributed by atoms with E-state index in [1.54, 1.807) is 12.1 Å². The summed E-state index contributed by atoms with van der Waals surface area (Å²) in [6.45, 7) is 0.760. The summed E-state index contributed by atoms with van der Waals surface area (Å²) in [7, 11) is 2.14. The van der Waals surface area contributed by atoms with Crippen LogP contribution in [0.2, 0.25) is 0 Å². The molecule has 1 saturated carbocycles. The van der Waals surface area contributed by atoms with Gasteiger partial charge in [0, 0.05) is 23.7 Å². The molecule has 0 saturated heterocycles. The summed E-state index contributed by atoms with van der Waals surface area (Å²) in [6, 6.07) is 17.3. The third kappa shape index (κ3) is 5.27. The Morgan fingerprint density at radius 3 is 2.37 bits per heavy atom. The number of rotatable bonds is 7. The summed E-state index contributed by atoms with van der Waals surface area (Å²) >= 11 is 0. The van der Waals surface area contributed by atoms with Crippen molar-refractivity contribution in [1.82, 2.24) is 10.2 Å². The van der Waals surface area contributed by atoms with Crippen LogP contribution in [0.15, 0.2) is 54.6 Å². The van der Waals surface area contributed by atoms with Crippen LogP contribution >= 0.6 is 0 Å². The highest BCUT2D eigenvalue weighted by Crippen LogP contribution is 2.23. The first kappa shape index (κ1) is 19.3. The third-order valence-corrected chi connectivity index (χ3v) is 5.39. The Kier molecular flexibility index (Phi) is 6.77. The van der Waals surface area contributed by atoms with Crippen molar-refractivity contribution in [3.05, 3.63) is 71.3 Å². The fraction of sp³-hybridized carbons (Fsp3) is 0.391. The van der Waals surface area contributed by atoms with E-state index in [0.717, 1.165) is 12.1 Å². The van der Waals surface area contributed by atoms with Gasteiger partial charge in [-0.05, 0) is 31.5 Å². The monoisotopic (exact) mass is 364 g/mol. The Balaban J connectivity index is 1.62. The van der Waals surface area contributed by atoms with E-state index in [0.29, 0.717) is 17.2 Å². The lowest BCUT2D eigenvalue weighted by atomic mass is 9.94. The molecule has 2 aromatic rings. The number of benzene rings is 2. The predicted octanol–water partition coefficient (Wildman–Crippen LogP) is 4.06. The molecule has 0 bridgehead atoms. The van der Waals surface area contributed by atoms with Crippen molar-refractivity contribution in [2.24, 2.45) is 0 Å². The second-order valence-corrected chi connectivity index (χ2v) is 7.34. The van der Waals surface area contributed by atoms with Crippen LogP contribution in [0.5, 0.6) is 0 Å². The van der Waals surface area contributed by atoms with Crippen LogP contribution in [-0.4, -0.2) is 36.2 Å². The fourth-order valence-corrected chi connectivity index (χ4v) is 3.78. The molecule has 4 nitrogen and oxygen atoms in total. The van der Waals surface area contributed by atoms with Crippen molar-refractivity contribution >= 4 is 11.7 Å². The quantitative estimate of drug-likeness (QED) is 0.754. The summed E-state index contributed by atoms with van der Waals surface area (Å²) in [6.07, 6.45) is 6.38. The van der Waals surface area contributed by atoms with Gasteiger partial charge in [-0.1, -0.05) is 67.8 Å². The van der Waals surface area contributed by atoms with Crippen molar-refractivity contribution in [2.75, 3.05) is 13.6 Å². The Hall–Kier alpha value is -2.46. The molecule has 4 heteroatoms. The van der Waals surface area contributed by atoms with Crippen LogP contribution in [0.4, 0.5) is 0 Å². The Labute approximate surface area is 161 Å². The van der Waals surface area contributed by atoms with E-state index in [1.807, 2.05) is 42.5 Å². The highest BCUT2D eigenvalue weighted by molar-refractivity contribution is 6.02. The largest absolute Gasteiger partial charge is 0.345 e. The van der Waals surface area contributed by atoms with E-state index >= 15 is 0 Å². The molecular formula is C23H28N2O2. The van der Waals surface area contributed by atoms with Gasteiger partial charge in [0.25, 0.3) is 5.91 Å². The predicted molar refractivity (Wildman–Crippen MR) is 108 cm³/mol. The molecule has 27 heavy (non-hydrogen) atoms. The molecule has 3 rings (SSSR count). The number of amides is 1. The average Bonchev–Trinajstić information content (AvgIpc) is 2.73. The van der Waals surface area contributed by atoms with E-state index in [-0.39, 0.29) is 18.2 Å². The Bertz CT molecular complexity index is 767. The summed E-state index contributed by atoms with van der Waals surface area (Å²) < 4.78 is 0. The molecule has 0 atom stereocenters. The SMILES string of the molecule is CN(Cc1ccccc1C(=O)NCC(=O)c1ccccc1)C1CCCCC1. The highest BCUT2D eigenvalue weighted by atomic mass is 16.2. The van der Waals surface area contributed by atoms with Gasteiger partial charge in [0.15, 0.2) is 5.78 Å². The van der Waals surface area contributed by atoms with Gasteiger partial charge >= 0.3 is 0 Å². The zero-order valence-electron chi connectivity index (χ0n) is 16.0. The maximum Gasteiger partial charge on any atom is 0.251 e. The van der Waals surface area contributed by atoms with Crippen LogP contribution in [0, 0.1) is 0 Å². The zero-order chi connectivity index (χ0) is 19.1. The maximum absolute atomic E-state index is 12.7. The zero-order valence-corrected chi connectivity index (χ0v) is 16.0. The molecule has 0 radical (unpaired) electrons. The average molecular weight is 364 g/mol. The summed E-state index contributed by atoms with van der Waals surface area (Å²) in [4.78, 5) is 27.3. The molecule has 142 valence electrons. The molecule has 0 heterocycles. The minimum absolute atomic E-state index is 0.00957. The number of Topliss-reactive ketones (excluding diaryl/α,β-unsaturated/α-hetero) is 1. The lowest BCUT2D eigenvalue weighted by Crippen LogP contribution is -2.34. The minimum Gasteiger partial charge on any atom is -0.345 e. The van der Waals surface area contributed by atoms with Gasteiger partial charge in [-0.25, -0.2) is 0 Å². The highest BCUT2D eigenvalue weighted by Gasteiger charge is 2.20. The van der Waals surface area contributed by atoms with Crippen molar-refractivity contribution in [2.45, 2.75) is 44.7 Å². The molecular weight excluding hydrogens is 336 g/mol. The van der Waals surface area contributed by atoms with Crippen molar-refractivity contribution in [1.29, 1.82) is 0 Å². The molecule has 0 aliphatic heterocycles. The first-order chi connectivity index (χ1) is 13.1. The van der Waals surface area contributed by atoms with Gasteiger partial charge in [-0.2, -0.15) is 0 Å². The molecule has 1 aliphatic rings. The molecule has 1 amide bonds. The van der Waals surface area contributed by atoms with Gasteiger partial charge in [0.05, 0.1) is 6.54 Å². The number of nitrogens with one attached hydrogen (secondary N) is 1. The lowest BCUT2D eigenvalue weighted by Gasteiger charge is -2.31. The summed E-state index contributed by atoms with van der Waals surface area (Å²) in [5.74, 6) is -0.271. The molecule has 0 unspecified atom stereocenters. The lowest BCUT2D eigenvalue weighted by molar-refractivity contribution is 0.0902. The Morgan fingerprint density at radius 2 is 1.63 bits per heavy atom. The first-order valence-electron chi connectivity index (χ1n) is 9.80. The molecule has 1 fully saturated rings. The maximum atomic E-state index is 12.7. The van der Waals surface area contributed by atoms with Crippen molar-refractivity contribution in [3.63, 3.8) is 0 Å². The Morgan fingerprint density at radius 1 is 0.963 bits per heavy atom. The van der Waals surface area contributed by atoms with Crippen molar-refractivity contribution in [3.8, 4) is 0 Å². The van der Waals surface area contributed by atoms with E-state index in [9.17, 15) is 9.59 Å². The smallest absolute Gasteiger partial charge is 0.251 e. The minimum atomic E-state index is -0.188. The van der Waals surface area contributed by atoms with Gasteiger partial charge in [0.2, 0.25) is 0 Å². The number of nitrogens with zero attached hydrogens (tertiary/aromatic N) is 1. The molecule has 0 aromatic heterocycles. The molecule has 0 spiro atoms. The number of ketones is 1. The van der Waals surface area contributed by atoms with Crippen LogP contribution in [0.3, 0.4) is 0 Å². The van der Waals surface area contributed by atoms with Gasteiger partial charge in [-0.15, -0.1) is 0 Å². The summed E-state index contributed by atoms with van der Waals surface area (Å²) in [5.41, 5.74) is 2.28. The third-order valence-electron chi connectivity index (χ3n) is 5.39. The van der Waals surface area contributed by atoms with Gasteiger partial charge in [0.1, 0.15) is 0 Å². The number of carbonyl (C=O) groups is 2. The van der Waals surface area contributed by atoms with Crippen LogP contribution in [0.25, 0.3) is 0 Å². The number of carbonyl (C=O) groups excluding carboxylic acids is 2.